The molecule has 2 atom stereocenters. The highest BCUT2D eigenvalue weighted by Gasteiger charge is 2.31. The molecule has 1 saturated heterocycles. The topological polar surface area (TPSA) is 73.4 Å². The zero-order chi connectivity index (χ0) is 17.1. The average molecular weight is 332 g/mol. The maximum Gasteiger partial charge on any atom is 0.239 e. The van der Waals surface area contributed by atoms with E-state index < -0.39 is 11.9 Å². The number of nitrogens with two attached hydrogens (primary N) is 1. The Hall–Kier alpha value is -2.25. The Balaban J connectivity index is 1.73. The number of morpholine rings is 1. The van der Waals surface area contributed by atoms with Crippen molar-refractivity contribution in [3.05, 3.63) is 53.6 Å². The van der Waals surface area contributed by atoms with E-state index in [9.17, 15) is 9.18 Å². The molecule has 2 N–H and O–H groups in total. The summed E-state index contributed by atoms with van der Waals surface area (Å²) < 4.78 is 20.8. The van der Waals surface area contributed by atoms with E-state index in [4.69, 9.17) is 10.5 Å². The van der Waals surface area contributed by atoms with E-state index in [2.05, 4.69) is 5.10 Å². The number of ether oxygens (including phenoxy) is 1. The fourth-order valence-electron chi connectivity index (χ4n) is 3.06. The molecular weight excluding hydrogens is 311 g/mol. The summed E-state index contributed by atoms with van der Waals surface area (Å²) in [5, 5.41) is 4.27. The molecule has 1 aliphatic heterocycles. The number of carbonyl (C=O) groups is 1. The molecule has 3 rings (SSSR count). The second-order valence-corrected chi connectivity index (χ2v) is 6.08. The summed E-state index contributed by atoms with van der Waals surface area (Å²) >= 11 is 0. The maximum atomic E-state index is 13.1. The van der Waals surface area contributed by atoms with Gasteiger partial charge >= 0.3 is 0 Å². The van der Waals surface area contributed by atoms with E-state index in [-0.39, 0.29) is 11.9 Å². The van der Waals surface area contributed by atoms with E-state index in [0.717, 1.165) is 5.56 Å². The quantitative estimate of drug-likeness (QED) is 0.894. The van der Waals surface area contributed by atoms with Crippen molar-refractivity contribution >= 4 is 5.91 Å². The summed E-state index contributed by atoms with van der Waals surface area (Å²) in [5.41, 5.74) is 7.39. The normalized spacial score (nSPS) is 20.0. The van der Waals surface area contributed by atoms with Gasteiger partial charge in [0.2, 0.25) is 5.91 Å². The number of nitrogens with zero attached hydrogens (tertiary/aromatic N) is 3. The second kappa shape index (κ2) is 7.11. The first kappa shape index (κ1) is 16.6. The van der Waals surface area contributed by atoms with Crippen LogP contribution in [0.4, 0.5) is 4.39 Å². The summed E-state index contributed by atoms with van der Waals surface area (Å²) in [7, 11) is 0. The molecule has 2 heterocycles. The van der Waals surface area contributed by atoms with Crippen molar-refractivity contribution in [2.45, 2.75) is 25.6 Å². The van der Waals surface area contributed by atoms with Crippen molar-refractivity contribution in [3.8, 4) is 0 Å². The lowest BCUT2D eigenvalue weighted by Gasteiger charge is -2.37. The number of aryl methyl sites for hydroxylation is 1. The van der Waals surface area contributed by atoms with Crippen molar-refractivity contribution in [1.29, 1.82) is 0 Å². The van der Waals surface area contributed by atoms with Gasteiger partial charge in [0.1, 0.15) is 11.9 Å². The minimum atomic E-state index is -0.587. The fourth-order valence-corrected chi connectivity index (χ4v) is 3.06. The number of carbonyl (C=O) groups excluding carboxylic acids is 1. The van der Waals surface area contributed by atoms with Crippen molar-refractivity contribution < 1.29 is 13.9 Å². The van der Waals surface area contributed by atoms with Gasteiger partial charge in [-0.2, -0.15) is 5.10 Å². The zero-order valence-corrected chi connectivity index (χ0v) is 13.6. The molecule has 2 aromatic rings. The van der Waals surface area contributed by atoms with Crippen LogP contribution in [0.2, 0.25) is 0 Å². The van der Waals surface area contributed by atoms with Crippen LogP contribution in [0.1, 0.15) is 17.2 Å². The largest absolute Gasteiger partial charge is 0.374 e. The molecule has 1 aromatic heterocycles. The van der Waals surface area contributed by atoms with Crippen LogP contribution in [-0.4, -0.2) is 46.4 Å². The minimum Gasteiger partial charge on any atom is -0.374 e. The van der Waals surface area contributed by atoms with Crippen LogP contribution in [-0.2, 0) is 16.1 Å². The van der Waals surface area contributed by atoms with Crippen molar-refractivity contribution in [2.24, 2.45) is 5.73 Å². The average Bonchev–Trinajstić information content (AvgIpc) is 2.95. The SMILES string of the molecule is Cc1cnn(C[C@H]2CN([C@@H](C(N)=O)c3ccc(F)cc3)CCO2)c1. The Bertz CT molecular complexity index is 701. The number of amides is 1. The third-order valence-electron chi connectivity index (χ3n) is 4.14. The lowest BCUT2D eigenvalue weighted by Crippen LogP contribution is -2.49. The van der Waals surface area contributed by atoms with Crippen LogP contribution >= 0.6 is 0 Å². The van der Waals surface area contributed by atoms with E-state index in [1.165, 1.54) is 12.1 Å². The number of hydrogen-bond donors (Lipinski definition) is 1. The highest BCUT2D eigenvalue weighted by atomic mass is 19.1. The van der Waals surface area contributed by atoms with Crippen LogP contribution in [0.25, 0.3) is 0 Å². The molecule has 0 radical (unpaired) electrons. The number of halogens is 1. The standard InChI is InChI=1S/C17H21FN4O2/c1-12-8-20-22(9-12)11-15-10-21(6-7-24-15)16(17(19)23)13-2-4-14(18)5-3-13/h2-5,8-9,15-16H,6-7,10-11H2,1H3,(H2,19,23)/t15-,16-/m1/s1. The van der Waals surface area contributed by atoms with Gasteiger partial charge in [-0.15, -0.1) is 0 Å². The first-order chi connectivity index (χ1) is 11.5. The predicted molar refractivity (Wildman–Crippen MR) is 86.6 cm³/mol. The van der Waals surface area contributed by atoms with E-state index >= 15 is 0 Å². The minimum absolute atomic E-state index is 0.0830. The van der Waals surface area contributed by atoms with E-state index in [0.29, 0.717) is 31.8 Å². The lowest BCUT2D eigenvalue weighted by atomic mass is 10.0. The van der Waals surface area contributed by atoms with Gasteiger partial charge in [0.15, 0.2) is 0 Å². The monoisotopic (exact) mass is 332 g/mol. The Kier molecular flexibility index (Phi) is 4.92. The van der Waals surface area contributed by atoms with E-state index in [1.807, 2.05) is 22.7 Å². The summed E-state index contributed by atoms with van der Waals surface area (Å²) in [6.45, 7) is 4.26. The molecule has 1 aromatic carbocycles. The number of hydrogen-bond acceptors (Lipinski definition) is 4. The zero-order valence-electron chi connectivity index (χ0n) is 13.6. The van der Waals surface area contributed by atoms with Gasteiger partial charge in [-0.05, 0) is 30.2 Å². The molecular formula is C17H21FN4O2. The smallest absolute Gasteiger partial charge is 0.239 e. The molecule has 24 heavy (non-hydrogen) atoms. The van der Waals surface area contributed by atoms with Crippen molar-refractivity contribution in [1.82, 2.24) is 14.7 Å². The van der Waals surface area contributed by atoms with Crippen molar-refractivity contribution in [2.75, 3.05) is 19.7 Å². The van der Waals surface area contributed by atoms with Gasteiger partial charge in [0.25, 0.3) is 0 Å². The Labute approximate surface area is 140 Å². The molecule has 1 aliphatic rings. The van der Waals surface area contributed by atoms with E-state index in [1.54, 1.807) is 18.3 Å². The van der Waals surface area contributed by atoms with Crippen LogP contribution in [0, 0.1) is 12.7 Å². The molecule has 7 heteroatoms. The highest BCUT2D eigenvalue weighted by molar-refractivity contribution is 5.81. The van der Waals surface area contributed by atoms with Gasteiger partial charge in [0.05, 0.1) is 25.5 Å². The number of primary amides is 1. The summed E-state index contributed by atoms with van der Waals surface area (Å²) in [5.74, 6) is -0.784. The van der Waals surface area contributed by atoms with Crippen molar-refractivity contribution in [3.63, 3.8) is 0 Å². The molecule has 1 amide bonds. The fraction of sp³-hybridized carbons (Fsp3) is 0.412. The molecule has 128 valence electrons. The molecule has 6 nitrogen and oxygen atoms in total. The Morgan fingerprint density at radius 3 is 2.83 bits per heavy atom. The van der Waals surface area contributed by atoms with Crippen LogP contribution in [0.3, 0.4) is 0 Å². The van der Waals surface area contributed by atoms with Gasteiger partial charge in [-0.25, -0.2) is 4.39 Å². The second-order valence-electron chi connectivity index (χ2n) is 6.08. The first-order valence-electron chi connectivity index (χ1n) is 7.92. The van der Waals surface area contributed by atoms with Crippen LogP contribution in [0.5, 0.6) is 0 Å². The maximum absolute atomic E-state index is 13.1. The Morgan fingerprint density at radius 1 is 1.46 bits per heavy atom. The number of rotatable bonds is 5. The summed E-state index contributed by atoms with van der Waals surface area (Å²) in [6.07, 6.45) is 3.67. The van der Waals surface area contributed by atoms with Crippen LogP contribution < -0.4 is 5.73 Å². The first-order valence-corrected chi connectivity index (χ1v) is 7.92. The molecule has 0 aliphatic carbocycles. The lowest BCUT2D eigenvalue weighted by molar-refractivity contribution is -0.127. The molecule has 0 bridgehead atoms. The van der Waals surface area contributed by atoms with Gasteiger partial charge in [0, 0.05) is 19.3 Å². The molecule has 0 spiro atoms. The Morgan fingerprint density at radius 2 is 2.21 bits per heavy atom. The third kappa shape index (κ3) is 3.80. The molecule has 0 saturated carbocycles. The summed E-state index contributed by atoms with van der Waals surface area (Å²) in [6, 6.07) is 5.31. The van der Waals surface area contributed by atoms with Crippen LogP contribution in [0.15, 0.2) is 36.7 Å². The molecule has 1 fully saturated rings. The van der Waals surface area contributed by atoms with Gasteiger partial charge in [-0.1, -0.05) is 12.1 Å². The number of aromatic nitrogens is 2. The van der Waals surface area contributed by atoms with Gasteiger partial charge in [-0.3, -0.25) is 14.4 Å². The predicted octanol–water partition coefficient (Wildman–Crippen LogP) is 1.26. The van der Waals surface area contributed by atoms with Gasteiger partial charge < -0.3 is 10.5 Å². The third-order valence-corrected chi connectivity index (χ3v) is 4.14. The molecule has 0 unspecified atom stereocenters. The highest BCUT2D eigenvalue weighted by Crippen LogP contribution is 2.23. The summed E-state index contributed by atoms with van der Waals surface area (Å²) in [4.78, 5) is 14.0. The number of benzene rings is 1.